The third-order valence-electron chi connectivity index (χ3n) is 4.60. The summed E-state index contributed by atoms with van der Waals surface area (Å²) >= 11 is 0. The van der Waals surface area contributed by atoms with Crippen LogP contribution in [0.25, 0.3) is 5.57 Å². The lowest BCUT2D eigenvalue weighted by Crippen LogP contribution is -2.29. The number of ether oxygens (including phenoxy) is 1. The summed E-state index contributed by atoms with van der Waals surface area (Å²) in [4.78, 5) is 17.4. The molecule has 1 aliphatic rings. The van der Waals surface area contributed by atoms with Crippen LogP contribution in [0.5, 0.6) is 5.75 Å². The average Bonchev–Trinajstić information content (AvgIpc) is 2.99. The zero-order chi connectivity index (χ0) is 17.8. The lowest BCUT2D eigenvalue weighted by atomic mass is 9.96. The number of aromatic nitrogens is 2. The Hall–Kier alpha value is -2.60. The van der Waals surface area contributed by atoms with E-state index in [0.29, 0.717) is 6.61 Å². The molecule has 0 aliphatic carbocycles. The predicted octanol–water partition coefficient (Wildman–Crippen LogP) is 2.57. The Kier molecular flexibility index (Phi) is 5.19. The number of fused-ring (bicyclic) bond motifs is 1. The van der Waals surface area contributed by atoms with Gasteiger partial charge in [-0.3, -0.25) is 4.90 Å². The fraction of sp³-hybridized carbons (Fsp3) is 0.368. The summed E-state index contributed by atoms with van der Waals surface area (Å²) in [6.07, 6.45) is 6.83. The van der Waals surface area contributed by atoms with E-state index < -0.39 is 5.97 Å². The second kappa shape index (κ2) is 7.53. The Morgan fingerprint density at radius 1 is 1.40 bits per heavy atom. The van der Waals surface area contributed by atoms with E-state index >= 15 is 0 Å². The minimum Gasteiger partial charge on any atom is -0.492 e. The van der Waals surface area contributed by atoms with Gasteiger partial charge in [-0.15, -0.1) is 0 Å². The molecular formula is C19H23N3O3. The summed E-state index contributed by atoms with van der Waals surface area (Å²) < 4.78 is 7.98. The first-order valence-corrected chi connectivity index (χ1v) is 8.39. The molecule has 0 bridgehead atoms. The third kappa shape index (κ3) is 4.09. The van der Waals surface area contributed by atoms with Crippen LogP contribution < -0.4 is 4.74 Å². The molecule has 0 unspecified atom stereocenters. The van der Waals surface area contributed by atoms with E-state index in [-0.39, 0.29) is 0 Å². The second-order valence-electron chi connectivity index (χ2n) is 6.31. The molecule has 0 spiro atoms. The van der Waals surface area contributed by atoms with Gasteiger partial charge in [0.25, 0.3) is 0 Å². The van der Waals surface area contributed by atoms with Crippen LogP contribution in [0.1, 0.15) is 23.6 Å². The second-order valence-corrected chi connectivity index (χ2v) is 6.31. The highest BCUT2D eigenvalue weighted by atomic mass is 16.5. The molecule has 1 aromatic heterocycles. The van der Waals surface area contributed by atoms with E-state index in [0.717, 1.165) is 54.2 Å². The molecule has 2 aromatic rings. The van der Waals surface area contributed by atoms with E-state index in [1.165, 1.54) is 6.08 Å². The zero-order valence-corrected chi connectivity index (χ0v) is 14.6. The molecule has 2 heterocycles. The predicted molar refractivity (Wildman–Crippen MR) is 95.5 cm³/mol. The van der Waals surface area contributed by atoms with Crippen molar-refractivity contribution >= 4 is 11.5 Å². The maximum absolute atomic E-state index is 11.0. The van der Waals surface area contributed by atoms with E-state index in [9.17, 15) is 4.79 Å². The maximum atomic E-state index is 11.0. The van der Waals surface area contributed by atoms with Gasteiger partial charge in [0, 0.05) is 50.2 Å². The number of imidazole rings is 1. The number of benzene rings is 1. The van der Waals surface area contributed by atoms with Gasteiger partial charge in [0.1, 0.15) is 12.4 Å². The SMILES string of the molecule is C/C(=C/C(=O)O)c1ccc2c(c1C)CN(CCn1ccnc1)CCO2. The van der Waals surface area contributed by atoms with E-state index in [1.807, 2.05) is 38.5 Å². The number of nitrogens with zero attached hydrogens (tertiary/aromatic N) is 3. The number of hydrogen-bond acceptors (Lipinski definition) is 4. The van der Waals surface area contributed by atoms with Gasteiger partial charge in [-0.2, -0.15) is 0 Å². The van der Waals surface area contributed by atoms with E-state index in [1.54, 1.807) is 6.20 Å². The molecule has 132 valence electrons. The monoisotopic (exact) mass is 341 g/mol. The average molecular weight is 341 g/mol. The van der Waals surface area contributed by atoms with Crippen molar-refractivity contribution in [2.24, 2.45) is 0 Å². The molecule has 0 atom stereocenters. The quantitative estimate of drug-likeness (QED) is 0.847. The molecule has 1 aliphatic heterocycles. The Morgan fingerprint density at radius 3 is 2.96 bits per heavy atom. The first-order chi connectivity index (χ1) is 12.0. The lowest BCUT2D eigenvalue weighted by Gasteiger charge is -2.21. The maximum Gasteiger partial charge on any atom is 0.328 e. The van der Waals surface area contributed by atoms with Crippen LogP contribution in [0.15, 0.2) is 36.9 Å². The summed E-state index contributed by atoms with van der Waals surface area (Å²) in [5.41, 5.74) is 3.93. The number of carboxylic acids is 1. The van der Waals surface area contributed by atoms with Crippen molar-refractivity contribution in [2.45, 2.75) is 26.9 Å². The summed E-state index contributed by atoms with van der Waals surface area (Å²) in [6, 6.07) is 3.90. The number of allylic oxidation sites excluding steroid dienone is 1. The molecule has 0 radical (unpaired) electrons. The topological polar surface area (TPSA) is 67.6 Å². The molecule has 0 saturated heterocycles. The number of carbonyl (C=O) groups is 1. The highest BCUT2D eigenvalue weighted by Gasteiger charge is 2.19. The Bertz CT molecular complexity index is 781. The number of aliphatic carboxylic acids is 1. The van der Waals surface area contributed by atoms with Crippen LogP contribution in [0.3, 0.4) is 0 Å². The molecule has 0 fully saturated rings. The van der Waals surface area contributed by atoms with Crippen molar-refractivity contribution in [1.82, 2.24) is 14.5 Å². The Morgan fingerprint density at radius 2 is 2.24 bits per heavy atom. The highest BCUT2D eigenvalue weighted by molar-refractivity contribution is 5.90. The lowest BCUT2D eigenvalue weighted by molar-refractivity contribution is -0.131. The first-order valence-electron chi connectivity index (χ1n) is 8.39. The van der Waals surface area contributed by atoms with Gasteiger partial charge in [0.15, 0.2) is 0 Å². The number of hydrogen-bond donors (Lipinski definition) is 1. The molecule has 6 nitrogen and oxygen atoms in total. The largest absolute Gasteiger partial charge is 0.492 e. The van der Waals surface area contributed by atoms with Crippen LogP contribution in [0.4, 0.5) is 0 Å². The summed E-state index contributed by atoms with van der Waals surface area (Å²) in [5, 5.41) is 9.01. The van der Waals surface area contributed by atoms with Gasteiger partial charge in [0.05, 0.1) is 6.33 Å². The number of carboxylic acid groups (broad SMARTS) is 1. The number of rotatable bonds is 5. The highest BCUT2D eigenvalue weighted by Crippen LogP contribution is 2.31. The van der Waals surface area contributed by atoms with Crippen LogP contribution in [0, 0.1) is 6.92 Å². The van der Waals surface area contributed by atoms with Crippen LogP contribution in [0.2, 0.25) is 0 Å². The van der Waals surface area contributed by atoms with Gasteiger partial charge in [-0.05, 0) is 36.6 Å². The van der Waals surface area contributed by atoms with Crippen LogP contribution >= 0.6 is 0 Å². The minimum absolute atomic E-state index is 0.652. The van der Waals surface area contributed by atoms with Crippen molar-refractivity contribution < 1.29 is 14.6 Å². The summed E-state index contributed by atoms with van der Waals surface area (Å²) in [6.45, 7) is 7.97. The zero-order valence-electron chi connectivity index (χ0n) is 14.6. The standard InChI is InChI=1S/C19H23N3O3/c1-14(11-19(23)24)16-3-4-18-17(15(16)2)12-21(9-10-25-18)7-8-22-6-5-20-13-22/h3-6,11,13H,7-10,12H2,1-2H3,(H,23,24)/b14-11-. The Labute approximate surface area is 147 Å². The summed E-state index contributed by atoms with van der Waals surface area (Å²) in [7, 11) is 0. The van der Waals surface area contributed by atoms with Crippen LogP contribution in [-0.4, -0.2) is 45.2 Å². The molecule has 1 N–H and O–H groups in total. The first kappa shape index (κ1) is 17.2. The fourth-order valence-electron chi connectivity index (χ4n) is 3.21. The molecule has 0 amide bonds. The fourth-order valence-corrected chi connectivity index (χ4v) is 3.21. The van der Waals surface area contributed by atoms with Gasteiger partial charge in [-0.25, -0.2) is 9.78 Å². The summed E-state index contributed by atoms with van der Waals surface area (Å²) in [5.74, 6) is -0.0282. The third-order valence-corrected chi connectivity index (χ3v) is 4.60. The molecule has 3 rings (SSSR count). The smallest absolute Gasteiger partial charge is 0.328 e. The van der Waals surface area contributed by atoms with Crippen LogP contribution in [-0.2, 0) is 17.9 Å². The normalized spacial score (nSPS) is 15.4. The molecule has 25 heavy (non-hydrogen) atoms. The van der Waals surface area contributed by atoms with Crippen molar-refractivity contribution in [3.8, 4) is 5.75 Å². The van der Waals surface area contributed by atoms with Gasteiger partial charge >= 0.3 is 5.97 Å². The minimum atomic E-state index is -0.926. The van der Waals surface area contributed by atoms with E-state index in [4.69, 9.17) is 9.84 Å². The van der Waals surface area contributed by atoms with E-state index in [2.05, 4.69) is 14.5 Å². The van der Waals surface area contributed by atoms with Crippen molar-refractivity contribution in [2.75, 3.05) is 19.7 Å². The van der Waals surface area contributed by atoms with Gasteiger partial charge < -0.3 is 14.4 Å². The molecular weight excluding hydrogens is 318 g/mol. The molecule has 1 aromatic carbocycles. The molecule has 6 heteroatoms. The van der Waals surface area contributed by atoms with Crippen molar-refractivity contribution in [3.05, 3.63) is 53.6 Å². The van der Waals surface area contributed by atoms with Crippen molar-refractivity contribution in [3.63, 3.8) is 0 Å². The van der Waals surface area contributed by atoms with Gasteiger partial charge in [-0.1, -0.05) is 6.07 Å². The molecule has 0 saturated carbocycles. The van der Waals surface area contributed by atoms with Crippen molar-refractivity contribution in [1.29, 1.82) is 0 Å². The Balaban J connectivity index is 1.82. The van der Waals surface area contributed by atoms with Gasteiger partial charge in [0.2, 0.25) is 0 Å².